The number of anilines is 1. The van der Waals surface area contributed by atoms with E-state index in [1.165, 1.54) is 16.2 Å². The topological polar surface area (TPSA) is 90.0 Å². The number of nitrogens with one attached hydrogen (secondary N) is 1. The zero-order valence-corrected chi connectivity index (χ0v) is 17.0. The number of carbonyl (C=O) groups excluding carboxylic acids is 1. The van der Waals surface area contributed by atoms with Crippen LogP contribution in [0.3, 0.4) is 0 Å². The van der Waals surface area contributed by atoms with Crippen molar-refractivity contribution in [3.8, 4) is 11.5 Å². The molecule has 2 aromatic carbocycles. The smallest absolute Gasteiger partial charge is 0.258 e. The van der Waals surface area contributed by atoms with Crippen LogP contribution in [0.5, 0.6) is 0 Å². The number of hydrogen-bond donors (Lipinski definition) is 1. The minimum Gasteiger partial charge on any atom is -0.334 e. The Hall–Kier alpha value is -3.74. The molecule has 1 N–H and O–H groups in total. The summed E-state index contributed by atoms with van der Waals surface area (Å²) in [6.07, 6.45) is 0. The van der Waals surface area contributed by atoms with E-state index in [2.05, 4.69) is 29.3 Å². The molecule has 152 valence electrons. The first kappa shape index (κ1) is 19.6. The largest absolute Gasteiger partial charge is 0.334 e. The second-order valence-electron chi connectivity index (χ2n) is 7.47. The van der Waals surface area contributed by atoms with Gasteiger partial charge < -0.3 is 9.84 Å². The van der Waals surface area contributed by atoms with Crippen LogP contribution in [0.15, 0.2) is 63.9 Å². The molecule has 0 saturated carbocycles. The van der Waals surface area contributed by atoms with Crippen molar-refractivity contribution in [1.29, 1.82) is 0 Å². The number of aromatic nitrogens is 3. The molecule has 2 aromatic heterocycles. The Labute approximate surface area is 173 Å². The quantitative estimate of drug-likeness (QED) is 0.542. The summed E-state index contributed by atoms with van der Waals surface area (Å²) >= 11 is 0. The number of pyridine rings is 1. The van der Waals surface area contributed by atoms with Crippen molar-refractivity contribution in [2.45, 2.75) is 33.2 Å². The van der Waals surface area contributed by atoms with Crippen molar-refractivity contribution in [2.24, 2.45) is 0 Å². The maximum atomic E-state index is 12.8. The van der Waals surface area contributed by atoms with E-state index in [0.29, 0.717) is 28.5 Å². The minimum absolute atomic E-state index is 0.103. The lowest BCUT2D eigenvalue weighted by molar-refractivity contribution is -0.116. The molecule has 7 nitrogen and oxygen atoms in total. The maximum Gasteiger partial charge on any atom is 0.258 e. The monoisotopic (exact) mass is 402 g/mol. The van der Waals surface area contributed by atoms with E-state index < -0.39 is 0 Å². The van der Waals surface area contributed by atoms with Crippen LogP contribution in [-0.4, -0.2) is 20.6 Å². The highest BCUT2D eigenvalue weighted by atomic mass is 16.5. The van der Waals surface area contributed by atoms with E-state index in [-0.39, 0.29) is 23.9 Å². The number of fused-ring (bicyclic) bond motifs is 1. The van der Waals surface area contributed by atoms with Crippen LogP contribution in [-0.2, 0) is 11.3 Å². The molecule has 0 aliphatic carbocycles. The molecule has 0 aliphatic rings. The Morgan fingerprint density at radius 1 is 1.13 bits per heavy atom. The maximum absolute atomic E-state index is 12.8. The summed E-state index contributed by atoms with van der Waals surface area (Å²) in [4.78, 5) is 29.7. The fourth-order valence-electron chi connectivity index (χ4n) is 3.38. The molecule has 0 unspecified atom stereocenters. The number of nitrogens with zero attached hydrogens (tertiary/aromatic N) is 3. The van der Waals surface area contributed by atoms with E-state index in [0.717, 1.165) is 5.39 Å². The summed E-state index contributed by atoms with van der Waals surface area (Å²) in [5, 5.41) is 7.42. The van der Waals surface area contributed by atoms with Gasteiger partial charge in [0.25, 0.3) is 11.4 Å². The average molecular weight is 402 g/mol. The van der Waals surface area contributed by atoms with Gasteiger partial charge in [-0.2, -0.15) is 4.98 Å². The Kier molecular flexibility index (Phi) is 5.18. The Bertz CT molecular complexity index is 1270. The molecule has 7 heteroatoms. The first-order chi connectivity index (χ1) is 14.4. The van der Waals surface area contributed by atoms with E-state index in [9.17, 15) is 9.59 Å². The zero-order chi connectivity index (χ0) is 21.3. The van der Waals surface area contributed by atoms with Crippen molar-refractivity contribution in [3.63, 3.8) is 0 Å². The predicted octanol–water partition coefficient (Wildman–Crippen LogP) is 4.12. The predicted molar refractivity (Wildman–Crippen MR) is 115 cm³/mol. The Morgan fingerprint density at radius 3 is 2.53 bits per heavy atom. The van der Waals surface area contributed by atoms with Crippen LogP contribution in [0.25, 0.3) is 22.4 Å². The third-order valence-electron chi connectivity index (χ3n) is 4.94. The second kappa shape index (κ2) is 7.94. The first-order valence-corrected chi connectivity index (χ1v) is 9.75. The lowest BCUT2D eigenvalue weighted by Crippen LogP contribution is -2.27. The van der Waals surface area contributed by atoms with Gasteiger partial charge in [-0.15, -0.1) is 0 Å². The number of benzene rings is 2. The normalized spacial score (nSPS) is 11.2. The molecular formula is C23H22N4O3. The van der Waals surface area contributed by atoms with Crippen LogP contribution in [0.4, 0.5) is 5.69 Å². The standard InChI is InChI=1S/C23H22N4O3/c1-14(2)16-8-10-17(11-9-16)25-21(28)13-27-20-7-5-4-6-18(20)19(12-22(27)29)23-24-15(3)26-30-23/h4-12,14H,13H2,1-3H3,(H,25,28). The lowest BCUT2D eigenvalue weighted by Gasteiger charge is -2.13. The molecule has 0 bridgehead atoms. The molecule has 1 amide bonds. The molecule has 2 heterocycles. The van der Waals surface area contributed by atoms with Gasteiger partial charge in [0.05, 0.1) is 11.1 Å². The van der Waals surface area contributed by atoms with Gasteiger partial charge in [0.15, 0.2) is 5.82 Å². The van der Waals surface area contributed by atoms with Gasteiger partial charge in [-0.25, -0.2) is 0 Å². The summed E-state index contributed by atoms with van der Waals surface area (Å²) in [5.41, 5.74) is 2.75. The number of rotatable bonds is 5. The zero-order valence-electron chi connectivity index (χ0n) is 17.0. The average Bonchev–Trinajstić information content (AvgIpc) is 3.16. The Balaban J connectivity index is 1.65. The number of para-hydroxylation sites is 1. The fourth-order valence-corrected chi connectivity index (χ4v) is 3.38. The van der Waals surface area contributed by atoms with Crippen molar-refractivity contribution in [1.82, 2.24) is 14.7 Å². The van der Waals surface area contributed by atoms with Gasteiger partial charge in [-0.1, -0.05) is 49.3 Å². The van der Waals surface area contributed by atoms with Crippen molar-refractivity contribution in [3.05, 3.63) is 76.3 Å². The van der Waals surface area contributed by atoms with Crippen LogP contribution >= 0.6 is 0 Å². The number of amides is 1. The molecule has 4 aromatic rings. The first-order valence-electron chi connectivity index (χ1n) is 9.75. The van der Waals surface area contributed by atoms with Crippen molar-refractivity contribution >= 4 is 22.5 Å². The van der Waals surface area contributed by atoms with Gasteiger partial charge in [-0.3, -0.25) is 14.2 Å². The van der Waals surface area contributed by atoms with Crippen LogP contribution < -0.4 is 10.9 Å². The van der Waals surface area contributed by atoms with Crippen molar-refractivity contribution < 1.29 is 9.32 Å². The number of aryl methyl sites for hydroxylation is 1. The molecule has 4 rings (SSSR count). The summed E-state index contributed by atoms with van der Waals surface area (Å²) in [6.45, 7) is 5.84. The van der Waals surface area contributed by atoms with E-state index in [1.54, 1.807) is 13.0 Å². The summed E-state index contributed by atoms with van der Waals surface area (Å²) in [7, 11) is 0. The van der Waals surface area contributed by atoms with Crippen molar-refractivity contribution in [2.75, 3.05) is 5.32 Å². The highest BCUT2D eigenvalue weighted by Crippen LogP contribution is 2.26. The van der Waals surface area contributed by atoms with E-state index in [4.69, 9.17) is 4.52 Å². The molecule has 0 aliphatic heterocycles. The molecule has 0 spiro atoms. The molecular weight excluding hydrogens is 380 g/mol. The van der Waals surface area contributed by atoms with Gasteiger partial charge in [0.2, 0.25) is 5.91 Å². The highest BCUT2D eigenvalue weighted by Gasteiger charge is 2.16. The Morgan fingerprint density at radius 2 is 1.87 bits per heavy atom. The van der Waals surface area contributed by atoms with Gasteiger partial charge in [-0.05, 0) is 36.6 Å². The lowest BCUT2D eigenvalue weighted by atomic mass is 10.0. The summed E-state index contributed by atoms with van der Waals surface area (Å²) in [6, 6.07) is 16.5. The highest BCUT2D eigenvalue weighted by molar-refractivity contribution is 5.95. The van der Waals surface area contributed by atoms with Crippen LogP contribution in [0.1, 0.15) is 31.2 Å². The van der Waals surface area contributed by atoms with Gasteiger partial charge >= 0.3 is 0 Å². The molecule has 30 heavy (non-hydrogen) atoms. The van der Waals surface area contributed by atoms with Gasteiger partial charge in [0.1, 0.15) is 6.54 Å². The SMILES string of the molecule is Cc1noc(-c2cc(=O)n(CC(=O)Nc3ccc(C(C)C)cc3)c3ccccc23)n1. The van der Waals surface area contributed by atoms with Crippen LogP contribution in [0.2, 0.25) is 0 Å². The summed E-state index contributed by atoms with van der Waals surface area (Å²) in [5.74, 6) is 0.908. The fraction of sp³-hybridized carbons (Fsp3) is 0.217. The molecule has 0 atom stereocenters. The molecule has 0 fully saturated rings. The van der Waals surface area contributed by atoms with E-state index >= 15 is 0 Å². The molecule has 0 saturated heterocycles. The van der Waals surface area contributed by atoms with Gasteiger partial charge in [0, 0.05) is 17.1 Å². The third-order valence-corrected chi connectivity index (χ3v) is 4.94. The minimum atomic E-state index is -0.315. The second-order valence-corrected chi connectivity index (χ2v) is 7.47. The molecule has 0 radical (unpaired) electrons. The summed E-state index contributed by atoms with van der Waals surface area (Å²) < 4.78 is 6.70. The van der Waals surface area contributed by atoms with E-state index in [1.807, 2.05) is 42.5 Å². The third kappa shape index (κ3) is 3.87. The number of carbonyl (C=O) groups is 1. The van der Waals surface area contributed by atoms with Crippen LogP contribution in [0, 0.1) is 6.92 Å². The number of hydrogen-bond acceptors (Lipinski definition) is 5.